The number of carbonyl (C=O) groups excluding carboxylic acids is 1. The molecular formula is C12H23N3O2. The fourth-order valence-corrected chi connectivity index (χ4v) is 2.16. The molecule has 0 radical (unpaired) electrons. The van der Waals surface area contributed by atoms with E-state index < -0.39 is 0 Å². The molecule has 1 saturated heterocycles. The van der Waals surface area contributed by atoms with Crippen molar-refractivity contribution in [3.05, 3.63) is 0 Å². The third-order valence-corrected chi connectivity index (χ3v) is 3.50. The van der Waals surface area contributed by atoms with E-state index in [0.29, 0.717) is 12.3 Å². The fourth-order valence-electron chi connectivity index (χ4n) is 2.16. The number of amides is 1. The van der Waals surface area contributed by atoms with E-state index in [1.54, 1.807) is 0 Å². The Kier molecular flexibility index (Phi) is 4.76. The minimum absolute atomic E-state index is 0.0680. The van der Waals surface area contributed by atoms with Crippen molar-refractivity contribution in [2.24, 2.45) is 11.7 Å². The molecular weight excluding hydrogens is 218 g/mol. The molecule has 5 heteroatoms. The maximum absolute atomic E-state index is 11.6. The molecule has 0 aromatic carbocycles. The zero-order valence-electron chi connectivity index (χ0n) is 10.4. The lowest BCUT2D eigenvalue weighted by atomic mass is 10.1. The first-order valence-corrected chi connectivity index (χ1v) is 6.58. The number of nitrogens with one attached hydrogen (secondary N) is 1. The molecule has 98 valence electrons. The Hall–Kier alpha value is -0.650. The van der Waals surface area contributed by atoms with Crippen LogP contribution >= 0.6 is 0 Å². The van der Waals surface area contributed by atoms with Gasteiger partial charge in [-0.3, -0.25) is 9.69 Å². The van der Waals surface area contributed by atoms with Crippen LogP contribution in [-0.4, -0.2) is 56.2 Å². The Balaban J connectivity index is 1.52. The van der Waals surface area contributed by atoms with E-state index in [2.05, 4.69) is 10.2 Å². The highest BCUT2D eigenvalue weighted by Crippen LogP contribution is 2.32. The van der Waals surface area contributed by atoms with E-state index in [0.717, 1.165) is 39.4 Å². The van der Waals surface area contributed by atoms with Crippen LogP contribution in [0.4, 0.5) is 0 Å². The van der Waals surface area contributed by atoms with Gasteiger partial charge in [0.25, 0.3) is 0 Å². The van der Waals surface area contributed by atoms with Gasteiger partial charge in [-0.2, -0.15) is 0 Å². The average molecular weight is 241 g/mol. The molecule has 1 aliphatic heterocycles. The summed E-state index contributed by atoms with van der Waals surface area (Å²) in [5.41, 5.74) is 5.91. The lowest BCUT2D eigenvalue weighted by Gasteiger charge is -2.26. The van der Waals surface area contributed by atoms with E-state index in [1.165, 1.54) is 12.8 Å². The van der Waals surface area contributed by atoms with Crippen LogP contribution in [0, 0.1) is 5.92 Å². The van der Waals surface area contributed by atoms with Gasteiger partial charge in [0, 0.05) is 38.6 Å². The van der Waals surface area contributed by atoms with Gasteiger partial charge >= 0.3 is 0 Å². The smallest absolute Gasteiger partial charge is 0.221 e. The second kappa shape index (κ2) is 6.33. The van der Waals surface area contributed by atoms with Crippen molar-refractivity contribution >= 4 is 5.91 Å². The van der Waals surface area contributed by atoms with Crippen LogP contribution in [0.1, 0.15) is 19.3 Å². The molecule has 0 bridgehead atoms. The summed E-state index contributed by atoms with van der Waals surface area (Å²) in [5, 5.41) is 2.94. The SMILES string of the molecule is NC(CC(=O)NCCN1CCOCC1)C1CC1. The Labute approximate surface area is 103 Å². The molecule has 1 atom stereocenters. The second-order valence-corrected chi connectivity index (χ2v) is 5.01. The molecule has 2 rings (SSSR count). The molecule has 0 spiro atoms. The van der Waals surface area contributed by atoms with Crippen LogP contribution in [0.25, 0.3) is 0 Å². The zero-order chi connectivity index (χ0) is 12.1. The topological polar surface area (TPSA) is 67.6 Å². The summed E-state index contributed by atoms with van der Waals surface area (Å²) >= 11 is 0. The molecule has 0 aromatic rings. The molecule has 2 aliphatic rings. The molecule has 1 saturated carbocycles. The van der Waals surface area contributed by atoms with Gasteiger partial charge in [-0.1, -0.05) is 0 Å². The van der Waals surface area contributed by atoms with Gasteiger partial charge in [-0.15, -0.1) is 0 Å². The maximum atomic E-state index is 11.6. The number of ether oxygens (including phenoxy) is 1. The monoisotopic (exact) mass is 241 g/mol. The first-order chi connectivity index (χ1) is 8.25. The number of nitrogens with zero attached hydrogens (tertiary/aromatic N) is 1. The summed E-state index contributed by atoms with van der Waals surface area (Å²) in [4.78, 5) is 13.9. The molecule has 2 fully saturated rings. The lowest BCUT2D eigenvalue weighted by Crippen LogP contribution is -2.42. The van der Waals surface area contributed by atoms with E-state index in [9.17, 15) is 4.79 Å². The van der Waals surface area contributed by atoms with Crippen LogP contribution in [0.15, 0.2) is 0 Å². The van der Waals surface area contributed by atoms with Crippen LogP contribution in [0.3, 0.4) is 0 Å². The first-order valence-electron chi connectivity index (χ1n) is 6.58. The Morgan fingerprint density at radius 1 is 1.41 bits per heavy atom. The summed E-state index contributed by atoms with van der Waals surface area (Å²) < 4.78 is 5.27. The summed E-state index contributed by atoms with van der Waals surface area (Å²) in [7, 11) is 0. The average Bonchev–Trinajstić information content (AvgIpc) is 3.14. The van der Waals surface area contributed by atoms with Gasteiger partial charge < -0.3 is 15.8 Å². The fraction of sp³-hybridized carbons (Fsp3) is 0.917. The van der Waals surface area contributed by atoms with Crippen molar-refractivity contribution in [1.29, 1.82) is 0 Å². The van der Waals surface area contributed by atoms with Crippen molar-refractivity contribution in [2.45, 2.75) is 25.3 Å². The summed E-state index contributed by atoms with van der Waals surface area (Å²) in [6.07, 6.45) is 2.87. The largest absolute Gasteiger partial charge is 0.379 e. The predicted octanol–water partition coefficient (Wildman–Crippen LogP) is -0.438. The Morgan fingerprint density at radius 3 is 2.76 bits per heavy atom. The molecule has 1 heterocycles. The highest BCUT2D eigenvalue weighted by atomic mass is 16.5. The molecule has 1 unspecified atom stereocenters. The highest BCUT2D eigenvalue weighted by molar-refractivity contribution is 5.76. The number of morpholine rings is 1. The molecule has 5 nitrogen and oxygen atoms in total. The number of nitrogens with two attached hydrogens (primary N) is 1. The van der Waals surface area contributed by atoms with Crippen LogP contribution < -0.4 is 11.1 Å². The third kappa shape index (κ3) is 4.61. The van der Waals surface area contributed by atoms with Crippen LogP contribution in [0.5, 0.6) is 0 Å². The lowest BCUT2D eigenvalue weighted by molar-refractivity contribution is -0.121. The number of carbonyl (C=O) groups is 1. The standard InChI is InChI=1S/C12H23N3O2/c13-11(10-1-2-10)9-12(16)14-3-4-15-5-7-17-8-6-15/h10-11H,1-9,13H2,(H,14,16). The van der Waals surface area contributed by atoms with E-state index in [1.807, 2.05) is 0 Å². The van der Waals surface area contributed by atoms with E-state index >= 15 is 0 Å². The Morgan fingerprint density at radius 2 is 2.12 bits per heavy atom. The van der Waals surface area contributed by atoms with Crippen molar-refractivity contribution in [2.75, 3.05) is 39.4 Å². The van der Waals surface area contributed by atoms with Gasteiger partial charge in [0.1, 0.15) is 0 Å². The highest BCUT2D eigenvalue weighted by Gasteiger charge is 2.29. The predicted molar refractivity (Wildman–Crippen MR) is 65.6 cm³/mol. The zero-order valence-corrected chi connectivity index (χ0v) is 10.4. The molecule has 0 aromatic heterocycles. The van der Waals surface area contributed by atoms with E-state index in [4.69, 9.17) is 10.5 Å². The third-order valence-electron chi connectivity index (χ3n) is 3.50. The quantitative estimate of drug-likeness (QED) is 0.662. The van der Waals surface area contributed by atoms with Crippen LogP contribution in [-0.2, 0) is 9.53 Å². The van der Waals surface area contributed by atoms with Gasteiger partial charge in [0.2, 0.25) is 5.91 Å². The van der Waals surface area contributed by atoms with E-state index in [-0.39, 0.29) is 11.9 Å². The minimum Gasteiger partial charge on any atom is -0.379 e. The molecule has 3 N–H and O–H groups in total. The summed E-state index contributed by atoms with van der Waals surface area (Å²) in [6.45, 7) is 5.18. The van der Waals surface area contributed by atoms with Crippen molar-refractivity contribution in [3.8, 4) is 0 Å². The Bertz CT molecular complexity index is 250. The molecule has 17 heavy (non-hydrogen) atoms. The van der Waals surface area contributed by atoms with Gasteiger partial charge in [-0.25, -0.2) is 0 Å². The van der Waals surface area contributed by atoms with Crippen molar-refractivity contribution < 1.29 is 9.53 Å². The van der Waals surface area contributed by atoms with Crippen molar-refractivity contribution in [3.63, 3.8) is 0 Å². The number of hydrogen-bond donors (Lipinski definition) is 2. The maximum Gasteiger partial charge on any atom is 0.221 e. The second-order valence-electron chi connectivity index (χ2n) is 5.01. The first kappa shape index (κ1) is 12.8. The summed E-state index contributed by atoms with van der Waals surface area (Å²) in [5.74, 6) is 0.692. The number of rotatable bonds is 6. The molecule has 1 amide bonds. The van der Waals surface area contributed by atoms with Crippen LogP contribution in [0.2, 0.25) is 0 Å². The van der Waals surface area contributed by atoms with Crippen molar-refractivity contribution in [1.82, 2.24) is 10.2 Å². The summed E-state index contributed by atoms with van der Waals surface area (Å²) in [6, 6.07) is 0.0680. The van der Waals surface area contributed by atoms with Gasteiger partial charge in [0.15, 0.2) is 0 Å². The normalized spacial score (nSPS) is 23.4. The molecule has 1 aliphatic carbocycles. The van der Waals surface area contributed by atoms with Gasteiger partial charge in [-0.05, 0) is 18.8 Å². The number of hydrogen-bond acceptors (Lipinski definition) is 4. The minimum atomic E-state index is 0.0680. The van der Waals surface area contributed by atoms with Gasteiger partial charge in [0.05, 0.1) is 13.2 Å².